The molecule has 0 aliphatic heterocycles. The molecular weight excluding hydrogens is 252 g/mol. The van der Waals surface area contributed by atoms with Crippen molar-refractivity contribution in [2.75, 3.05) is 24.6 Å². The molecule has 0 aromatic heterocycles. The molecule has 0 spiro atoms. The molecular formula is C15H24N4O. The predicted octanol–water partition coefficient (Wildman–Crippen LogP) is 2.49. The van der Waals surface area contributed by atoms with Crippen LogP contribution < -0.4 is 21.5 Å². The van der Waals surface area contributed by atoms with Gasteiger partial charge >= 0.3 is 0 Å². The molecule has 0 aliphatic carbocycles. The maximum atomic E-state index is 7.55. The second-order valence-electron chi connectivity index (χ2n) is 4.95. The van der Waals surface area contributed by atoms with Crippen molar-refractivity contribution in [2.24, 2.45) is 5.92 Å². The van der Waals surface area contributed by atoms with E-state index in [1.807, 2.05) is 13.0 Å². The van der Waals surface area contributed by atoms with Gasteiger partial charge in [0.2, 0.25) is 0 Å². The summed E-state index contributed by atoms with van der Waals surface area (Å²) in [5.74, 6) is 0.927. The van der Waals surface area contributed by atoms with E-state index < -0.39 is 0 Å². The molecule has 0 radical (unpaired) electrons. The van der Waals surface area contributed by atoms with Crippen molar-refractivity contribution in [1.82, 2.24) is 5.32 Å². The number of ether oxygens (including phenoxy) is 1. The van der Waals surface area contributed by atoms with Crippen molar-refractivity contribution in [3.8, 4) is 5.75 Å². The fourth-order valence-corrected chi connectivity index (χ4v) is 1.66. The Morgan fingerprint density at radius 1 is 1.40 bits per heavy atom. The maximum Gasteiger partial charge on any atom is 0.152 e. The van der Waals surface area contributed by atoms with Gasteiger partial charge in [-0.2, -0.15) is 0 Å². The van der Waals surface area contributed by atoms with Crippen LogP contribution in [0.5, 0.6) is 5.75 Å². The van der Waals surface area contributed by atoms with Gasteiger partial charge in [0.15, 0.2) is 5.75 Å². The van der Waals surface area contributed by atoms with Crippen molar-refractivity contribution in [3.05, 3.63) is 23.9 Å². The number of nitrogens with one attached hydrogen (secondary N) is 2. The number of nitrogen functional groups attached to an aromatic ring is 2. The summed E-state index contributed by atoms with van der Waals surface area (Å²) in [5, 5.41) is 10.6. The standard InChI is InChI=1S/C15H24N4O/c1-4-19-8-11(7-16)12-5-6-13(17)14(18)15(12)20-9-10(2)3/h5-8,10,16,19H,4,9,17-18H2,1-3H3/b11-8+,16-7?. The Morgan fingerprint density at radius 3 is 2.65 bits per heavy atom. The van der Waals surface area contributed by atoms with Crippen molar-refractivity contribution < 1.29 is 4.74 Å². The molecule has 1 rings (SSSR count). The molecule has 0 atom stereocenters. The summed E-state index contributed by atoms with van der Waals surface area (Å²) in [4.78, 5) is 0. The molecule has 0 aliphatic rings. The first-order chi connectivity index (χ1) is 9.51. The van der Waals surface area contributed by atoms with Gasteiger partial charge in [-0.1, -0.05) is 13.8 Å². The van der Waals surface area contributed by atoms with Crippen LogP contribution in [0.2, 0.25) is 0 Å². The lowest BCUT2D eigenvalue weighted by molar-refractivity contribution is 0.272. The van der Waals surface area contributed by atoms with Crippen LogP contribution in [0.4, 0.5) is 11.4 Å². The summed E-state index contributed by atoms with van der Waals surface area (Å²) in [6.45, 7) is 7.45. The minimum Gasteiger partial charge on any atom is -0.490 e. The lowest BCUT2D eigenvalue weighted by Gasteiger charge is -2.17. The highest BCUT2D eigenvalue weighted by atomic mass is 16.5. The summed E-state index contributed by atoms with van der Waals surface area (Å²) >= 11 is 0. The first-order valence-electron chi connectivity index (χ1n) is 6.76. The van der Waals surface area contributed by atoms with E-state index in [4.69, 9.17) is 21.6 Å². The van der Waals surface area contributed by atoms with Crippen molar-refractivity contribution in [2.45, 2.75) is 20.8 Å². The highest BCUT2D eigenvalue weighted by molar-refractivity contribution is 6.10. The zero-order valence-corrected chi connectivity index (χ0v) is 12.4. The lowest BCUT2D eigenvalue weighted by atomic mass is 10.0. The highest BCUT2D eigenvalue weighted by Gasteiger charge is 2.14. The molecule has 0 fully saturated rings. The molecule has 0 saturated heterocycles. The molecule has 110 valence electrons. The SMILES string of the molecule is CCN/C=C(\C=N)c1ccc(N)c(N)c1OCC(C)C. The second-order valence-corrected chi connectivity index (χ2v) is 4.95. The van der Waals surface area contributed by atoms with Gasteiger partial charge in [-0.25, -0.2) is 0 Å². The second kappa shape index (κ2) is 7.43. The van der Waals surface area contributed by atoms with Gasteiger partial charge < -0.3 is 26.9 Å². The van der Waals surface area contributed by atoms with Gasteiger partial charge in [0, 0.05) is 30.1 Å². The van der Waals surface area contributed by atoms with Crippen molar-refractivity contribution in [3.63, 3.8) is 0 Å². The zero-order valence-electron chi connectivity index (χ0n) is 12.4. The molecule has 0 saturated carbocycles. The van der Waals surface area contributed by atoms with Crippen LogP contribution in [0.15, 0.2) is 18.3 Å². The summed E-state index contributed by atoms with van der Waals surface area (Å²) < 4.78 is 5.80. The zero-order chi connectivity index (χ0) is 15.1. The Kier molecular flexibility index (Phi) is 5.90. The summed E-state index contributed by atoms with van der Waals surface area (Å²) in [5.41, 5.74) is 14.2. The molecule has 6 N–H and O–H groups in total. The van der Waals surface area contributed by atoms with Crippen LogP contribution in [0.3, 0.4) is 0 Å². The van der Waals surface area contributed by atoms with Gasteiger partial charge in [0.1, 0.15) is 0 Å². The van der Waals surface area contributed by atoms with Gasteiger partial charge in [-0.3, -0.25) is 0 Å². The Balaban J connectivity index is 3.23. The summed E-state index contributed by atoms with van der Waals surface area (Å²) in [7, 11) is 0. The number of hydrogen-bond acceptors (Lipinski definition) is 5. The Bertz CT molecular complexity index is 495. The molecule has 20 heavy (non-hydrogen) atoms. The maximum absolute atomic E-state index is 7.55. The minimum atomic E-state index is 0.379. The quantitative estimate of drug-likeness (QED) is 0.454. The fraction of sp³-hybridized carbons (Fsp3) is 0.400. The van der Waals surface area contributed by atoms with Gasteiger partial charge in [-0.05, 0) is 25.0 Å². The van der Waals surface area contributed by atoms with Gasteiger partial charge in [0.05, 0.1) is 18.0 Å². The molecule has 0 unspecified atom stereocenters. The van der Waals surface area contributed by atoms with Crippen LogP contribution in [-0.4, -0.2) is 19.4 Å². The Morgan fingerprint density at radius 2 is 2.10 bits per heavy atom. The normalized spacial score (nSPS) is 11.5. The van der Waals surface area contributed by atoms with Crippen LogP contribution in [0.1, 0.15) is 26.3 Å². The van der Waals surface area contributed by atoms with E-state index in [1.165, 1.54) is 6.21 Å². The van der Waals surface area contributed by atoms with Gasteiger partial charge in [-0.15, -0.1) is 0 Å². The topological polar surface area (TPSA) is 97.2 Å². The summed E-state index contributed by atoms with van der Waals surface area (Å²) in [6.07, 6.45) is 3.05. The van der Waals surface area contributed by atoms with Crippen LogP contribution in [0, 0.1) is 11.3 Å². The number of benzene rings is 1. The molecule has 0 bridgehead atoms. The molecule has 1 aromatic rings. The third-order valence-corrected chi connectivity index (χ3v) is 2.72. The number of hydrogen-bond donors (Lipinski definition) is 4. The molecule has 0 heterocycles. The van der Waals surface area contributed by atoms with E-state index in [9.17, 15) is 0 Å². The van der Waals surface area contributed by atoms with E-state index >= 15 is 0 Å². The van der Waals surface area contributed by atoms with Crippen molar-refractivity contribution >= 4 is 23.2 Å². The number of nitrogens with two attached hydrogens (primary N) is 2. The number of rotatable bonds is 7. The first kappa shape index (κ1) is 15.9. The van der Waals surface area contributed by atoms with Crippen LogP contribution in [0.25, 0.3) is 5.57 Å². The van der Waals surface area contributed by atoms with E-state index in [1.54, 1.807) is 12.3 Å². The average molecular weight is 276 g/mol. The van der Waals surface area contributed by atoms with Crippen molar-refractivity contribution in [1.29, 1.82) is 5.41 Å². The third kappa shape index (κ3) is 3.91. The third-order valence-electron chi connectivity index (χ3n) is 2.72. The number of anilines is 2. The molecule has 5 nitrogen and oxygen atoms in total. The van der Waals surface area contributed by atoms with E-state index in [2.05, 4.69) is 19.2 Å². The van der Waals surface area contributed by atoms with E-state index in [-0.39, 0.29) is 0 Å². The predicted molar refractivity (Wildman–Crippen MR) is 86.0 cm³/mol. The Labute approximate surface area is 120 Å². The highest BCUT2D eigenvalue weighted by Crippen LogP contribution is 2.35. The smallest absolute Gasteiger partial charge is 0.152 e. The lowest BCUT2D eigenvalue weighted by Crippen LogP contribution is -2.10. The molecule has 5 heteroatoms. The molecule has 1 aromatic carbocycles. The van der Waals surface area contributed by atoms with Gasteiger partial charge in [0.25, 0.3) is 0 Å². The average Bonchev–Trinajstić information content (AvgIpc) is 2.42. The minimum absolute atomic E-state index is 0.379. The molecule has 0 amide bonds. The largest absolute Gasteiger partial charge is 0.490 e. The van der Waals surface area contributed by atoms with Crippen LogP contribution in [-0.2, 0) is 0 Å². The number of allylic oxidation sites excluding steroid dienone is 1. The van der Waals surface area contributed by atoms with Crippen LogP contribution >= 0.6 is 0 Å². The van der Waals surface area contributed by atoms with E-state index in [0.29, 0.717) is 35.2 Å². The first-order valence-corrected chi connectivity index (χ1v) is 6.76. The monoisotopic (exact) mass is 276 g/mol. The Hall–Kier alpha value is -2.17. The summed E-state index contributed by atoms with van der Waals surface area (Å²) in [6, 6.07) is 3.56. The fourth-order valence-electron chi connectivity index (χ4n) is 1.66. The van der Waals surface area contributed by atoms with E-state index in [0.717, 1.165) is 12.1 Å².